The lowest BCUT2D eigenvalue weighted by molar-refractivity contribution is -0.142. The van der Waals surface area contributed by atoms with Crippen LogP contribution in [0.2, 0.25) is 0 Å². The zero-order valence-electron chi connectivity index (χ0n) is 47.7. The Morgan fingerprint density at radius 2 is 1.02 bits per heavy atom. The number of rotatable bonds is 34. The van der Waals surface area contributed by atoms with Crippen molar-refractivity contribution in [2.24, 2.45) is 50.3 Å². The first-order valence-electron chi connectivity index (χ1n) is 27.8. The molecule has 1 heterocycles. The molecule has 3 aromatic rings. The molecule has 0 aliphatic carbocycles. The minimum atomic E-state index is -1.41. The highest BCUT2D eigenvalue weighted by Gasteiger charge is 2.40. The summed E-state index contributed by atoms with van der Waals surface area (Å²) in [5, 5.41) is 28.9. The summed E-state index contributed by atoms with van der Waals surface area (Å²) in [6, 6.07) is 13.9. The zero-order chi connectivity index (χ0) is 61.9. The van der Waals surface area contributed by atoms with Crippen LogP contribution in [0.5, 0.6) is 5.75 Å². The van der Waals surface area contributed by atoms with E-state index in [1.807, 2.05) is 13.8 Å². The fourth-order valence-electron chi connectivity index (χ4n) is 9.47. The predicted molar refractivity (Wildman–Crippen MR) is 313 cm³/mol. The number of hydrogen-bond donors (Lipinski definition) is 14. The van der Waals surface area contributed by atoms with Crippen LogP contribution >= 0.6 is 0 Å². The Hall–Kier alpha value is -9.30. The van der Waals surface area contributed by atoms with Gasteiger partial charge in [0.2, 0.25) is 59.1 Å². The van der Waals surface area contributed by atoms with E-state index >= 15 is 0 Å². The van der Waals surface area contributed by atoms with Gasteiger partial charge in [-0.15, -0.1) is 0 Å². The maximum absolute atomic E-state index is 14.8. The number of hydrogen-bond acceptors (Lipinski definition) is 13. The number of phenols is 1. The molecule has 8 atom stereocenters. The maximum Gasteiger partial charge on any atom is 0.245 e. The summed E-state index contributed by atoms with van der Waals surface area (Å²) in [6.07, 6.45) is 0.212. The third kappa shape index (κ3) is 24.0. The van der Waals surface area contributed by atoms with Crippen LogP contribution in [0.4, 0.5) is 0 Å². The van der Waals surface area contributed by atoms with E-state index in [1.165, 1.54) is 24.0 Å². The molecule has 1 aliphatic heterocycles. The number of guanidine groups is 2. The first kappa shape index (κ1) is 67.2. The van der Waals surface area contributed by atoms with Gasteiger partial charge in [0, 0.05) is 58.3 Å². The number of carbonyl (C=O) groups is 10. The molecule has 1 saturated heterocycles. The summed E-state index contributed by atoms with van der Waals surface area (Å²) >= 11 is 0. The lowest BCUT2D eigenvalue weighted by Gasteiger charge is -2.31. The molecule has 0 spiro atoms. The van der Waals surface area contributed by atoms with Gasteiger partial charge in [-0.3, -0.25) is 57.9 Å². The van der Waals surface area contributed by atoms with Gasteiger partial charge >= 0.3 is 0 Å². The summed E-state index contributed by atoms with van der Waals surface area (Å²) < 4.78 is 0. The Bertz CT molecular complexity index is 2780. The van der Waals surface area contributed by atoms with Crippen molar-refractivity contribution in [1.82, 2.24) is 42.1 Å². The van der Waals surface area contributed by atoms with Gasteiger partial charge < -0.3 is 81.6 Å². The normalized spacial score (nSPS) is 15.2. The number of primary amides is 2. The van der Waals surface area contributed by atoms with E-state index in [0.717, 1.165) is 0 Å². The van der Waals surface area contributed by atoms with Gasteiger partial charge in [0.15, 0.2) is 11.9 Å². The number of benzene rings is 3. The van der Waals surface area contributed by atoms with Gasteiger partial charge in [0.1, 0.15) is 48.0 Å². The molecular weight excluding hydrogens is 1080 g/mol. The Kier molecular flexibility index (Phi) is 27.4. The molecule has 1 fully saturated rings. The number of aliphatic imine (C=N–C) groups is 2. The molecule has 4 rings (SSSR count). The number of phenolic OH excluding ortho intramolecular Hbond substituents is 1. The first-order chi connectivity index (χ1) is 39.9. The molecule has 0 unspecified atom stereocenters. The second-order valence-electron chi connectivity index (χ2n) is 21.1. The summed E-state index contributed by atoms with van der Waals surface area (Å²) in [6.45, 7) is 5.20. The fourth-order valence-corrected chi connectivity index (χ4v) is 9.47. The molecule has 84 heavy (non-hydrogen) atoms. The summed E-state index contributed by atoms with van der Waals surface area (Å²) in [4.78, 5) is 146. The molecule has 0 bridgehead atoms. The van der Waals surface area contributed by atoms with Gasteiger partial charge in [-0.2, -0.15) is 0 Å². The molecule has 27 nitrogen and oxygen atoms in total. The van der Waals surface area contributed by atoms with E-state index < -0.39 is 114 Å². The number of nitrogens with zero attached hydrogens (tertiary/aromatic N) is 3. The van der Waals surface area contributed by atoms with Crippen LogP contribution in [0.25, 0.3) is 0 Å². The van der Waals surface area contributed by atoms with Crippen molar-refractivity contribution >= 4 is 71.0 Å². The lowest BCUT2D eigenvalue weighted by atomic mass is 9.99. The molecule has 456 valence electrons. The number of carbonyl (C=O) groups excluding carboxylic acids is 10. The van der Waals surface area contributed by atoms with Crippen molar-refractivity contribution in [2.75, 3.05) is 19.6 Å². The van der Waals surface area contributed by atoms with Gasteiger partial charge in [0.05, 0.1) is 6.42 Å². The van der Waals surface area contributed by atoms with Gasteiger partial charge in [-0.25, -0.2) is 0 Å². The minimum Gasteiger partial charge on any atom is -0.508 e. The number of amides is 10. The van der Waals surface area contributed by atoms with Crippen LogP contribution < -0.4 is 71.6 Å². The first-order valence-corrected chi connectivity index (χ1v) is 27.8. The molecule has 0 radical (unpaired) electrons. The molecule has 0 aromatic heterocycles. The van der Waals surface area contributed by atoms with Crippen molar-refractivity contribution in [3.63, 3.8) is 0 Å². The largest absolute Gasteiger partial charge is 0.508 e. The number of likely N-dealkylation sites (tertiary alicyclic amines) is 1. The highest BCUT2D eigenvalue weighted by Crippen LogP contribution is 2.22. The predicted octanol–water partition coefficient (Wildman–Crippen LogP) is -2.27. The molecular formula is C57H82N16O11. The van der Waals surface area contributed by atoms with Gasteiger partial charge in [-0.05, 0) is 79.7 Å². The third-order valence-corrected chi connectivity index (χ3v) is 13.5. The van der Waals surface area contributed by atoms with Crippen LogP contribution in [0.3, 0.4) is 0 Å². The van der Waals surface area contributed by atoms with Crippen LogP contribution in [-0.2, 0) is 67.2 Å². The molecule has 27 heteroatoms. The molecule has 20 N–H and O–H groups in total. The monoisotopic (exact) mass is 1170 g/mol. The fraction of sp³-hybridized carbons (Fsp3) is 0.474. The molecule has 10 amide bonds. The van der Waals surface area contributed by atoms with Gasteiger partial charge in [0.25, 0.3) is 0 Å². The second kappa shape index (κ2) is 34.2. The summed E-state index contributed by atoms with van der Waals surface area (Å²) in [7, 11) is 0. The number of nitrogens with two attached hydrogens (primary N) is 6. The topological polar surface area (TPSA) is 459 Å². The van der Waals surface area contributed by atoms with E-state index in [9.17, 15) is 53.1 Å². The van der Waals surface area contributed by atoms with Crippen LogP contribution in [0, 0.1) is 5.92 Å². The quantitative estimate of drug-likeness (QED) is 0.0170. The Morgan fingerprint density at radius 3 is 1.50 bits per heavy atom. The maximum atomic E-state index is 14.8. The van der Waals surface area contributed by atoms with Crippen molar-refractivity contribution in [1.29, 1.82) is 0 Å². The van der Waals surface area contributed by atoms with E-state index in [-0.39, 0.29) is 107 Å². The lowest BCUT2D eigenvalue weighted by Crippen LogP contribution is -2.60. The highest BCUT2D eigenvalue weighted by molar-refractivity contribution is 5.98. The van der Waals surface area contributed by atoms with Crippen molar-refractivity contribution in [2.45, 2.75) is 146 Å². The van der Waals surface area contributed by atoms with E-state index in [0.29, 0.717) is 23.1 Å². The standard InChI is InChI=1S/C57H82N16O11/c1-33(2)27-42(70-53(82)45(29-36-15-8-5-9-16-36)72-51(80)43(66-34(3)74)30-37-20-22-39(75)23-21-37)50(79)71-44(28-35-13-6-4-7-14-35)52(81)69-40(18-11-25-65-57(62)63)55(84)73-26-12-19-46(73)54(83)67-38(17-10-24-64-56(60)61)31-48(77)68-41(49(59)78)32-47(58)76/h4-9,13-16,20-23,33,38,40-46,75H,10-12,17-19,24-32H2,1-3H3,(H2,58,76)(H2,59,78)(H,66,74)(H,67,83)(H,68,77)(H,69,81)(H,70,82)(H,71,79)(H,72,80)(H4,60,61,64)(H4,62,63,65)/t38-,40-,41-,42-,43-,44-,45-,46-/m0/s1. The average Bonchev–Trinajstić information content (AvgIpc) is 4.08. The van der Waals surface area contributed by atoms with Gasteiger partial charge in [-0.1, -0.05) is 86.6 Å². The Balaban J connectivity index is 1.63. The van der Waals surface area contributed by atoms with Crippen molar-refractivity contribution < 1.29 is 53.1 Å². The van der Waals surface area contributed by atoms with Crippen molar-refractivity contribution in [3.8, 4) is 5.75 Å². The second-order valence-corrected chi connectivity index (χ2v) is 21.1. The summed E-state index contributed by atoms with van der Waals surface area (Å²) in [5.74, 6) is -7.96. The van der Waals surface area contributed by atoms with Crippen LogP contribution in [-0.4, -0.2) is 149 Å². The third-order valence-electron chi connectivity index (χ3n) is 13.5. The average molecular weight is 1170 g/mol. The molecule has 1 aliphatic rings. The highest BCUT2D eigenvalue weighted by atomic mass is 16.3. The molecule has 0 saturated carbocycles. The number of nitrogens with one attached hydrogen (secondary N) is 7. The summed E-state index contributed by atoms with van der Waals surface area (Å²) in [5.41, 5.74) is 34.7. The van der Waals surface area contributed by atoms with E-state index in [4.69, 9.17) is 34.4 Å². The number of aromatic hydroxyl groups is 1. The minimum absolute atomic E-state index is 0.00417. The SMILES string of the molecule is CC(=O)N[C@@H](Cc1ccc(O)cc1)C(=O)N[C@@H](Cc1ccccc1)C(=O)N[C@@H](CC(C)C)C(=O)N[C@@H](Cc1ccccc1)C(=O)N[C@@H](CCCN=C(N)N)C(=O)N1CCC[C@H]1C(=O)N[C@@H](CCCN=C(N)N)CC(=O)N[C@@H](CC(N)=O)C(N)=O. The van der Waals surface area contributed by atoms with Crippen LogP contribution in [0.1, 0.15) is 95.2 Å². The zero-order valence-corrected chi connectivity index (χ0v) is 47.7. The molecule has 3 aromatic carbocycles. The smallest absolute Gasteiger partial charge is 0.245 e. The Labute approximate surface area is 488 Å². The van der Waals surface area contributed by atoms with E-state index in [2.05, 4.69) is 47.2 Å². The van der Waals surface area contributed by atoms with Crippen molar-refractivity contribution in [3.05, 3.63) is 102 Å². The van der Waals surface area contributed by atoms with E-state index in [1.54, 1.807) is 72.8 Å². The Morgan fingerprint density at radius 1 is 0.560 bits per heavy atom. The van der Waals surface area contributed by atoms with Crippen LogP contribution in [0.15, 0.2) is 94.9 Å².